The van der Waals surface area contributed by atoms with Gasteiger partial charge >= 0.3 is 0 Å². The summed E-state index contributed by atoms with van der Waals surface area (Å²) in [5.41, 5.74) is 2.50. The molecular formula is C14H16N2O3. The molecule has 1 aromatic carbocycles. The minimum Gasteiger partial charge on any atom is -0.340 e. The number of hydrogen-bond acceptors (Lipinski definition) is 3. The number of piperidine rings is 1. The zero-order chi connectivity index (χ0) is 14.0. The van der Waals surface area contributed by atoms with Gasteiger partial charge in [0.2, 0.25) is 11.8 Å². The number of benzene rings is 1. The fourth-order valence-corrected chi connectivity index (χ4v) is 2.14. The van der Waals surface area contributed by atoms with Crippen LogP contribution in [0.4, 0.5) is 0 Å². The van der Waals surface area contributed by atoms with Crippen LogP contribution in [0.3, 0.4) is 0 Å². The van der Waals surface area contributed by atoms with E-state index in [1.807, 2.05) is 26.0 Å². The highest BCUT2D eigenvalue weighted by Crippen LogP contribution is 2.12. The van der Waals surface area contributed by atoms with Gasteiger partial charge < -0.3 is 5.32 Å². The van der Waals surface area contributed by atoms with Gasteiger partial charge in [-0.15, -0.1) is 0 Å². The average Bonchev–Trinajstić information content (AvgIpc) is 2.32. The van der Waals surface area contributed by atoms with E-state index in [1.54, 1.807) is 6.07 Å². The summed E-state index contributed by atoms with van der Waals surface area (Å²) < 4.78 is 0. The number of imide groups is 1. The largest absolute Gasteiger partial charge is 0.340 e. The van der Waals surface area contributed by atoms with Crippen LogP contribution in [0.15, 0.2) is 18.2 Å². The van der Waals surface area contributed by atoms with Crippen molar-refractivity contribution >= 4 is 17.7 Å². The number of carbonyl (C=O) groups is 3. The van der Waals surface area contributed by atoms with E-state index in [2.05, 4.69) is 10.6 Å². The maximum atomic E-state index is 12.1. The van der Waals surface area contributed by atoms with Gasteiger partial charge in [-0.05, 0) is 31.9 Å². The van der Waals surface area contributed by atoms with Crippen LogP contribution in [-0.2, 0) is 9.59 Å². The van der Waals surface area contributed by atoms with Gasteiger partial charge in [0, 0.05) is 12.0 Å². The van der Waals surface area contributed by atoms with Crippen LogP contribution >= 0.6 is 0 Å². The first-order chi connectivity index (χ1) is 8.97. The number of aryl methyl sites for hydroxylation is 2. The third-order valence-corrected chi connectivity index (χ3v) is 3.17. The first-order valence-corrected chi connectivity index (χ1v) is 6.19. The van der Waals surface area contributed by atoms with Crippen molar-refractivity contribution in [3.05, 3.63) is 34.9 Å². The second kappa shape index (κ2) is 5.22. The van der Waals surface area contributed by atoms with Gasteiger partial charge in [-0.1, -0.05) is 17.7 Å². The summed E-state index contributed by atoms with van der Waals surface area (Å²) in [6, 6.07) is 4.88. The van der Waals surface area contributed by atoms with Crippen molar-refractivity contribution in [3.8, 4) is 0 Å². The summed E-state index contributed by atoms with van der Waals surface area (Å²) in [7, 11) is 0. The minimum absolute atomic E-state index is 0.254. The lowest BCUT2D eigenvalue weighted by Gasteiger charge is -2.22. The Kier molecular flexibility index (Phi) is 3.64. The molecule has 2 rings (SSSR count). The fourth-order valence-electron chi connectivity index (χ4n) is 2.14. The smallest absolute Gasteiger partial charge is 0.252 e. The summed E-state index contributed by atoms with van der Waals surface area (Å²) in [6.07, 6.45) is 0.602. The van der Waals surface area contributed by atoms with Crippen LogP contribution in [0, 0.1) is 13.8 Å². The van der Waals surface area contributed by atoms with E-state index >= 15 is 0 Å². The third kappa shape index (κ3) is 2.99. The highest BCUT2D eigenvalue weighted by atomic mass is 16.2. The standard InChI is InChI=1S/C14H16N2O3/c1-8-3-4-10(9(2)7-8)13(18)15-11-5-6-12(17)16-14(11)19/h3-4,7,11H,5-6H2,1-2H3,(H,15,18)(H,16,17,19). The number of rotatable bonds is 2. The van der Waals surface area contributed by atoms with Gasteiger partial charge in [0.25, 0.3) is 5.91 Å². The lowest BCUT2D eigenvalue weighted by molar-refractivity contribution is -0.134. The molecule has 0 radical (unpaired) electrons. The van der Waals surface area contributed by atoms with Crippen molar-refractivity contribution in [1.29, 1.82) is 0 Å². The Bertz CT molecular complexity index is 552. The number of carbonyl (C=O) groups excluding carboxylic acids is 3. The molecule has 5 nitrogen and oxygen atoms in total. The Morgan fingerprint density at radius 2 is 2.05 bits per heavy atom. The summed E-state index contributed by atoms with van der Waals surface area (Å²) in [5, 5.41) is 4.88. The monoisotopic (exact) mass is 260 g/mol. The van der Waals surface area contributed by atoms with E-state index in [0.29, 0.717) is 12.0 Å². The molecule has 1 aromatic rings. The van der Waals surface area contributed by atoms with E-state index in [9.17, 15) is 14.4 Å². The number of hydrogen-bond donors (Lipinski definition) is 2. The van der Waals surface area contributed by atoms with Crippen molar-refractivity contribution in [3.63, 3.8) is 0 Å². The first kappa shape index (κ1) is 13.3. The molecular weight excluding hydrogens is 244 g/mol. The van der Waals surface area contributed by atoms with Gasteiger partial charge in [-0.25, -0.2) is 0 Å². The Balaban J connectivity index is 2.09. The topological polar surface area (TPSA) is 75.3 Å². The summed E-state index contributed by atoms with van der Waals surface area (Å²) in [4.78, 5) is 34.7. The summed E-state index contributed by atoms with van der Waals surface area (Å²) in [6.45, 7) is 3.81. The molecule has 0 saturated carbocycles. The van der Waals surface area contributed by atoms with Gasteiger partial charge in [0.15, 0.2) is 0 Å². The van der Waals surface area contributed by atoms with Crippen molar-refractivity contribution in [2.24, 2.45) is 0 Å². The lowest BCUT2D eigenvalue weighted by Crippen LogP contribution is -2.52. The zero-order valence-electron chi connectivity index (χ0n) is 10.9. The molecule has 0 aromatic heterocycles. The number of amides is 3. The van der Waals surface area contributed by atoms with Crippen molar-refractivity contribution in [2.75, 3.05) is 0 Å². The molecule has 1 unspecified atom stereocenters. The Labute approximate surface area is 111 Å². The second-order valence-electron chi connectivity index (χ2n) is 4.80. The first-order valence-electron chi connectivity index (χ1n) is 6.19. The molecule has 1 atom stereocenters. The van der Waals surface area contributed by atoms with Crippen molar-refractivity contribution in [1.82, 2.24) is 10.6 Å². The van der Waals surface area contributed by atoms with Gasteiger partial charge in [-0.3, -0.25) is 19.7 Å². The Hall–Kier alpha value is -2.17. The molecule has 2 N–H and O–H groups in total. The SMILES string of the molecule is Cc1ccc(C(=O)NC2CCC(=O)NC2=O)c(C)c1. The third-order valence-electron chi connectivity index (χ3n) is 3.17. The van der Waals surface area contributed by atoms with Crippen LogP contribution in [0.5, 0.6) is 0 Å². The highest BCUT2D eigenvalue weighted by molar-refractivity contribution is 6.04. The molecule has 5 heteroatoms. The van der Waals surface area contributed by atoms with Crippen LogP contribution in [0.1, 0.15) is 34.3 Å². The van der Waals surface area contributed by atoms with Crippen LogP contribution < -0.4 is 10.6 Å². The van der Waals surface area contributed by atoms with Gasteiger partial charge in [0.1, 0.15) is 6.04 Å². The molecule has 1 heterocycles. The van der Waals surface area contributed by atoms with E-state index < -0.39 is 11.9 Å². The van der Waals surface area contributed by atoms with Crippen LogP contribution in [0.25, 0.3) is 0 Å². The second-order valence-corrected chi connectivity index (χ2v) is 4.80. The Morgan fingerprint density at radius 3 is 2.68 bits per heavy atom. The molecule has 0 spiro atoms. The molecule has 1 aliphatic heterocycles. The van der Waals surface area contributed by atoms with Crippen molar-refractivity contribution in [2.45, 2.75) is 32.7 Å². The van der Waals surface area contributed by atoms with Gasteiger partial charge in [-0.2, -0.15) is 0 Å². The molecule has 1 aliphatic rings. The molecule has 1 saturated heterocycles. The fraction of sp³-hybridized carbons (Fsp3) is 0.357. The molecule has 1 fully saturated rings. The van der Waals surface area contributed by atoms with E-state index in [4.69, 9.17) is 0 Å². The lowest BCUT2D eigenvalue weighted by atomic mass is 10.0. The predicted molar refractivity (Wildman–Crippen MR) is 69.6 cm³/mol. The molecule has 100 valence electrons. The number of nitrogens with one attached hydrogen (secondary N) is 2. The average molecular weight is 260 g/mol. The minimum atomic E-state index is -0.633. The van der Waals surface area contributed by atoms with Crippen molar-refractivity contribution < 1.29 is 14.4 Å². The van der Waals surface area contributed by atoms with Crippen LogP contribution in [-0.4, -0.2) is 23.8 Å². The summed E-state index contributed by atoms with van der Waals surface area (Å²) >= 11 is 0. The molecule has 0 aliphatic carbocycles. The maximum Gasteiger partial charge on any atom is 0.252 e. The normalized spacial score (nSPS) is 18.9. The summed E-state index contributed by atoms with van der Waals surface area (Å²) in [5.74, 6) is -1.01. The highest BCUT2D eigenvalue weighted by Gasteiger charge is 2.28. The van der Waals surface area contributed by atoms with E-state index in [1.165, 1.54) is 0 Å². The van der Waals surface area contributed by atoms with Gasteiger partial charge in [0.05, 0.1) is 0 Å². The van der Waals surface area contributed by atoms with E-state index in [0.717, 1.165) is 11.1 Å². The molecule has 19 heavy (non-hydrogen) atoms. The molecule has 3 amide bonds. The zero-order valence-corrected chi connectivity index (χ0v) is 10.9. The van der Waals surface area contributed by atoms with E-state index in [-0.39, 0.29) is 18.2 Å². The maximum absolute atomic E-state index is 12.1. The Morgan fingerprint density at radius 1 is 1.32 bits per heavy atom. The quantitative estimate of drug-likeness (QED) is 0.774. The van der Waals surface area contributed by atoms with Crippen LogP contribution in [0.2, 0.25) is 0 Å². The predicted octanol–water partition coefficient (Wildman–Crippen LogP) is 0.838. The molecule has 0 bridgehead atoms.